The molecule has 0 bridgehead atoms. The molecule has 13 heavy (non-hydrogen) atoms. The Bertz CT molecular complexity index is 524. The van der Waals surface area contributed by atoms with E-state index in [1.165, 1.54) is 0 Å². The van der Waals surface area contributed by atoms with Crippen molar-refractivity contribution in [2.75, 3.05) is 0 Å². The molecule has 1 aromatic carbocycles. The first-order chi connectivity index (χ1) is 6.09. The van der Waals surface area contributed by atoms with Gasteiger partial charge in [0.15, 0.2) is 0 Å². The largest absolute Gasteiger partial charge is 0.326 e. The maximum Gasteiger partial charge on any atom is 0.326 e. The highest BCUT2D eigenvalue weighted by Gasteiger charge is 2.04. The Morgan fingerprint density at radius 1 is 1.46 bits per heavy atom. The summed E-state index contributed by atoms with van der Waals surface area (Å²) in [6.45, 7) is 1.99. The van der Waals surface area contributed by atoms with Gasteiger partial charge in [-0.2, -0.15) is 0 Å². The molecule has 2 aromatic rings. The predicted molar refractivity (Wildman–Crippen MR) is 56.0 cm³/mol. The first kappa shape index (κ1) is 8.56. The molecule has 0 radical (unpaired) electrons. The topological polar surface area (TPSA) is 37.8 Å². The molecule has 1 N–H and O–H groups in total. The van der Waals surface area contributed by atoms with Gasteiger partial charge in [0, 0.05) is 11.5 Å². The van der Waals surface area contributed by atoms with Crippen LogP contribution in [0.5, 0.6) is 0 Å². The van der Waals surface area contributed by atoms with Crippen molar-refractivity contribution < 1.29 is 0 Å². The highest BCUT2D eigenvalue weighted by Crippen LogP contribution is 2.21. The molecule has 0 unspecified atom stereocenters. The van der Waals surface area contributed by atoms with Crippen LogP contribution in [0.1, 0.15) is 5.56 Å². The number of benzene rings is 1. The molecule has 1 heterocycles. The third-order valence-corrected chi connectivity index (χ3v) is 3.04. The van der Waals surface area contributed by atoms with E-state index in [1.807, 2.05) is 19.1 Å². The van der Waals surface area contributed by atoms with Crippen LogP contribution in [0.25, 0.3) is 11.0 Å². The van der Waals surface area contributed by atoms with Crippen LogP contribution in [-0.4, -0.2) is 9.55 Å². The summed E-state index contributed by atoms with van der Waals surface area (Å²) in [4.78, 5) is 14.0. The lowest BCUT2D eigenvalue weighted by Gasteiger charge is -1.98. The van der Waals surface area contributed by atoms with Gasteiger partial charge in [0.1, 0.15) is 0 Å². The molecule has 0 amide bonds. The molecule has 4 heteroatoms. The standard InChI is InChI=1S/C9H9BrN2O/c1-5-3-7-8(4-6(5)10)12(2)9(13)11-7/h3-4H,1-2H3,(H,11,13). The molecule has 0 saturated carbocycles. The summed E-state index contributed by atoms with van der Waals surface area (Å²) in [6.07, 6.45) is 0. The van der Waals surface area contributed by atoms with Gasteiger partial charge in [-0.1, -0.05) is 15.9 Å². The summed E-state index contributed by atoms with van der Waals surface area (Å²) < 4.78 is 2.62. The number of fused-ring (bicyclic) bond motifs is 1. The minimum absolute atomic E-state index is 0.0764. The number of hydrogen-bond acceptors (Lipinski definition) is 1. The van der Waals surface area contributed by atoms with Crippen LogP contribution in [0.4, 0.5) is 0 Å². The smallest absolute Gasteiger partial charge is 0.306 e. The maximum absolute atomic E-state index is 11.3. The summed E-state index contributed by atoms with van der Waals surface area (Å²) in [6, 6.07) is 3.91. The first-order valence-corrected chi connectivity index (χ1v) is 4.74. The van der Waals surface area contributed by atoms with E-state index in [-0.39, 0.29) is 5.69 Å². The molecule has 0 spiro atoms. The Balaban J connectivity index is 2.97. The normalized spacial score (nSPS) is 11.0. The molecular formula is C9H9BrN2O. The Morgan fingerprint density at radius 3 is 2.85 bits per heavy atom. The zero-order valence-electron chi connectivity index (χ0n) is 7.39. The van der Waals surface area contributed by atoms with Gasteiger partial charge in [-0.05, 0) is 24.6 Å². The van der Waals surface area contributed by atoms with Gasteiger partial charge < -0.3 is 4.98 Å². The van der Waals surface area contributed by atoms with Crippen LogP contribution in [0.3, 0.4) is 0 Å². The van der Waals surface area contributed by atoms with E-state index in [9.17, 15) is 4.79 Å². The van der Waals surface area contributed by atoms with Crippen LogP contribution in [0.15, 0.2) is 21.4 Å². The maximum atomic E-state index is 11.3. The van der Waals surface area contributed by atoms with Gasteiger partial charge in [-0.15, -0.1) is 0 Å². The van der Waals surface area contributed by atoms with Crippen LogP contribution in [0, 0.1) is 6.92 Å². The lowest BCUT2D eigenvalue weighted by atomic mass is 10.2. The van der Waals surface area contributed by atoms with E-state index in [0.717, 1.165) is 21.1 Å². The van der Waals surface area contributed by atoms with Gasteiger partial charge in [0.05, 0.1) is 11.0 Å². The monoisotopic (exact) mass is 240 g/mol. The number of halogens is 1. The molecule has 68 valence electrons. The number of nitrogens with zero attached hydrogens (tertiary/aromatic N) is 1. The van der Waals surface area contributed by atoms with Crippen LogP contribution in [-0.2, 0) is 7.05 Å². The predicted octanol–water partition coefficient (Wildman–Crippen LogP) is 1.94. The summed E-state index contributed by atoms with van der Waals surface area (Å²) >= 11 is 3.43. The lowest BCUT2D eigenvalue weighted by molar-refractivity contribution is 0.891. The number of aromatic amines is 1. The van der Waals surface area contributed by atoms with Gasteiger partial charge >= 0.3 is 5.69 Å². The highest BCUT2D eigenvalue weighted by molar-refractivity contribution is 9.10. The van der Waals surface area contributed by atoms with E-state index < -0.39 is 0 Å². The fourth-order valence-corrected chi connectivity index (χ4v) is 1.69. The molecule has 0 aliphatic rings. The third kappa shape index (κ3) is 1.21. The average molecular weight is 241 g/mol. The zero-order chi connectivity index (χ0) is 9.59. The SMILES string of the molecule is Cc1cc2[nH]c(=O)n(C)c2cc1Br. The second-order valence-corrected chi connectivity index (χ2v) is 3.96. The van der Waals surface area contributed by atoms with Crippen LogP contribution >= 0.6 is 15.9 Å². The second kappa shape index (κ2) is 2.73. The minimum atomic E-state index is -0.0764. The zero-order valence-corrected chi connectivity index (χ0v) is 8.97. The van der Waals surface area contributed by atoms with Crippen LogP contribution < -0.4 is 5.69 Å². The number of rotatable bonds is 0. The molecule has 0 saturated heterocycles. The second-order valence-electron chi connectivity index (χ2n) is 3.11. The summed E-state index contributed by atoms with van der Waals surface area (Å²) in [5.74, 6) is 0. The Morgan fingerprint density at radius 2 is 2.15 bits per heavy atom. The Labute approximate surface area is 83.5 Å². The van der Waals surface area contributed by atoms with E-state index in [4.69, 9.17) is 0 Å². The lowest BCUT2D eigenvalue weighted by Crippen LogP contribution is -2.11. The Kier molecular flexibility index (Phi) is 1.80. The van der Waals surface area contributed by atoms with Gasteiger partial charge in [-0.25, -0.2) is 4.79 Å². The first-order valence-electron chi connectivity index (χ1n) is 3.94. The van der Waals surface area contributed by atoms with Crippen molar-refractivity contribution in [3.05, 3.63) is 32.7 Å². The van der Waals surface area contributed by atoms with Crippen LogP contribution in [0.2, 0.25) is 0 Å². The average Bonchev–Trinajstić information content (AvgIpc) is 2.32. The van der Waals surface area contributed by atoms with E-state index >= 15 is 0 Å². The molecule has 0 aliphatic carbocycles. The Hall–Kier alpha value is -1.03. The third-order valence-electron chi connectivity index (χ3n) is 2.18. The fraction of sp³-hybridized carbons (Fsp3) is 0.222. The summed E-state index contributed by atoms with van der Waals surface area (Å²) in [7, 11) is 1.75. The van der Waals surface area contributed by atoms with Crippen molar-refractivity contribution in [2.24, 2.45) is 7.05 Å². The quantitative estimate of drug-likeness (QED) is 0.751. The van der Waals surface area contributed by atoms with Crippen molar-refractivity contribution >= 4 is 27.0 Å². The molecule has 0 fully saturated rings. The molecular weight excluding hydrogens is 232 g/mol. The van der Waals surface area contributed by atoms with Crippen molar-refractivity contribution in [1.82, 2.24) is 9.55 Å². The number of aryl methyl sites for hydroxylation is 2. The number of aromatic nitrogens is 2. The fourth-order valence-electron chi connectivity index (χ4n) is 1.36. The van der Waals surface area contributed by atoms with Gasteiger partial charge in [-0.3, -0.25) is 4.57 Å². The number of hydrogen-bond donors (Lipinski definition) is 1. The minimum Gasteiger partial charge on any atom is -0.306 e. The van der Waals surface area contributed by atoms with E-state index in [0.29, 0.717) is 0 Å². The van der Waals surface area contributed by atoms with E-state index in [2.05, 4.69) is 20.9 Å². The van der Waals surface area contributed by atoms with Crippen molar-refractivity contribution in [1.29, 1.82) is 0 Å². The summed E-state index contributed by atoms with van der Waals surface area (Å²) in [5, 5.41) is 0. The van der Waals surface area contributed by atoms with Crippen molar-refractivity contribution in [3.63, 3.8) is 0 Å². The molecule has 0 atom stereocenters. The van der Waals surface area contributed by atoms with Crippen molar-refractivity contribution in [2.45, 2.75) is 6.92 Å². The van der Waals surface area contributed by atoms with Gasteiger partial charge in [0.25, 0.3) is 0 Å². The number of H-pyrrole nitrogens is 1. The van der Waals surface area contributed by atoms with Gasteiger partial charge in [0.2, 0.25) is 0 Å². The highest BCUT2D eigenvalue weighted by atomic mass is 79.9. The molecule has 1 aromatic heterocycles. The number of nitrogens with one attached hydrogen (secondary N) is 1. The summed E-state index contributed by atoms with van der Waals surface area (Å²) in [5.41, 5.74) is 2.84. The van der Waals surface area contributed by atoms with Crippen molar-refractivity contribution in [3.8, 4) is 0 Å². The molecule has 2 rings (SSSR count). The molecule has 3 nitrogen and oxygen atoms in total. The molecule has 0 aliphatic heterocycles. The number of imidazole rings is 1. The van der Waals surface area contributed by atoms with E-state index in [1.54, 1.807) is 11.6 Å².